The highest BCUT2D eigenvalue weighted by atomic mass is 16.4. The van der Waals surface area contributed by atoms with Gasteiger partial charge in [0.05, 0.1) is 11.9 Å². The zero-order valence-electron chi connectivity index (χ0n) is 19.4. The van der Waals surface area contributed by atoms with E-state index in [9.17, 15) is 19.8 Å². The Hall–Kier alpha value is -1.84. The van der Waals surface area contributed by atoms with Crippen LogP contribution in [0.2, 0.25) is 0 Å². The fourth-order valence-corrected chi connectivity index (χ4v) is 4.06. The van der Waals surface area contributed by atoms with E-state index in [1.807, 2.05) is 0 Å². The Kier molecular flexibility index (Phi) is 12.4. The summed E-state index contributed by atoms with van der Waals surface area (Å²) >= 11 is 0. The third kappa shape index (κ3) is 9.77. The van der Waals surface area contributed by atoms with Crippen molar-refractivity contribution in [2.45, 2.75) is 105 Å². The molecule has 0 aliphatic carbocycles. The van der Waals surface area contributed by atoms with Gasteiger partial charge >= 0.3 is 0 Å². The van der Waals surface area contributed by atoms with Crippen LogP contribution in [-0.4, -0.2) is 11.9 Å². The van der Waals surface area contributed by atoms with Crippen LogP contribution in [-0.2, 0) is 12.8 Å². The maximum atomic E-state index is 11.7. The number of hydrogen-bond donors (Lipinski definition) is 0. The summed E-state index contributed by atoms with van der Waals surface area (Å²) in [5, 5.41) is 23.3. The van der Waals surface area contributed by atoms with Crippen molar-refractivity contribution in [1.29, 1.82) is 0 Å². The minimum Gasteiger partial charge on any atom is -0.545 e. The van der Waals surface area contributed by atoms with Crippen LogP contribution in [0.5, 0.6) is 0 Å². The quantitative estimate of drug-likeness (QED) is 0.365. The Bertz CT molecular complexity index is 604. The maximum Gasteiger partial charge on any atom is 0.0718 e. The first kappa shape index (κ1) is 26.2. The number of carboxylic acid groups (broad SMARTS) is 2. The molecule has 170 valence electrons. The van der Waals surface area contributed by atoms with Gasteiger partial charge in [-0.3, -0.25) is 0 Å². The number of unbranched alkanes of at least 4 members (excludes halogenated alkanes) is 6. The molecule has 0 bridgehead atoms. The lowest BCUT2D eigenvalue weighted by molar-refractivity contribution is -0.256. The van der Waals surface area contributed by atoms with E-state index in [0.717, 1.165) is 38.5 Å². The standard InChI is InChI=1S/C26H42O4/c1-19(2)13-9-5-7-11-15-21-22(16-12-8-6-10-14-20(3)4)24(26(29)30)18-17-23(21)25(27)28/h17-20H,5-16H2,1-4H3,(H,27,28)(H,29,30)/p-2. The monoisotopic (exact) mass is 416 g/mol. The molecule has 4 heteroatoms. The van der Waals surface area contributed by atoms with Crippen LogP contribution in [0, 0.1) is 11.8 Å². The Morgan fingerprint density at radius 2 is 0.967 bits per heavy atom. The van der Waals surface area contributed by atoms with Crippen LogP contribution in [0.25, 0.3) is 0 Å². The molecule has 1 rings (SSSR count). The smallest absolute Gasteiger partial charge is 0.0718 e. The van der Waals surface area contributed by atoms with Crippen LogP contribution < -0.4 is 10.2 Å². The van der Waals surface area contributed by atoms with Gasteiger partial charge in [0.2, 0.25) is 0 Å². The lowest BCUT2D eigenvalue weighted by atomic mass is 9.88. The number of benzene rings is 1. The molecule has 0 saturated heterocycles. The van der Waals surface area contributed by atoms with Gasteiger partial charge in [-0.15, -0.1) is 0 Å². The zero-order valence-corrected chi connectivity index (χ0v) is 19.4. The van der Waals surface area contributed by atoms with Gasteiger partial charge in [0.25, 0.3) is 0 Å². The predicted octanol–water partition coefficient (Wildman–Crippen LogP) is 4.71. The fourth-order valence-electron chi connectivity index (χ4n) is 4.06. The van der Waals surface area contributed by atoms with Crippen LogP contribution in [0.3, 0.4) is 0 Å². The highest BCUT2D eigenvalue weighted by Crippen LogP contribution is 2.25. The van der Waals surface area contributed by atoms with E-state index in [0.29, 0.717) is 35.8 Å². The van der Waals surface area contributed by atoms with Crippen molar-refractivity contribution in [2.75, 3.05) is 0 Å². The van der Waals surface area contributed by atoms with Gasteiger partial charge in [-0.05, 0) is 48.6 Å². The molecule has 30 heavy (non-hydrogen) atoms. The summed E-state index contributed by atoms with van der Waals surface area (Å²) in [4.78, 5) is 23.3. The molecular formula is C26H40O4-2. The zero-order chi connectivity index (χ0) is 22.5. The average molecular weight is 417 g/mol. The molecule has 0 unspecified atom stereocenters. The molecule has 0 radical (unpaired) electrons. The SMILES string of the molecule is CC(C)CCCCCCc1c(C(=O)[O-])ccc(C(=O)[O-])c1CCCCCCC(C)C. The van der Waals surface area contributed by atoms with Gasteiger partial charge in [-0.2, -0.15) is 0 Å². The first-order valence-electron chi connectivity index (χ1n) is 11.8. The molecule has 0 fully saturated rings. The van der Waals surface area contributed by atoms with E-state index in [1.54, 1.807) is 0 Å². The van der Waals surface area contributed by atoms with Crippen LogP contribution >= 0.6 is 0 Å². The summed E-state index contributed by atoms with van der Waals surface area (Å²) in [5.74, 6) is -1.07. The number of hydrogen-bond acceptors (Lipinski definition) is 4. The number of carbonyl (C=O) groups excluding carboxylic acids is 2. The summed E-state index contributed by atoms with van der Waals surface area (Å²) in [6, 6.07) is 2.75. The topological polar surface area (TPSA) is 80.3 Å². The number of carbonyl (C=O) groups is 2. The summed E-state index contributed by atoms with van der Waals surface area (Å²) in [5.41, 5.74) is 1.56. The predicted molar refractivity (Wildman–Crippen MR) is 118 cm³/mol. The molecule has 0 spiro atoms. The molecule has 0 heterocycles. The minimum absolute atomic E-state index is 0.136. The normalized spacial score (nSPS) is 11.4. The number of rotatable bonds is 16. The first-order valence-corrected chi connectivity index (χ1v) is 11.8. The van der Waals surface area contributed by atoms with Crippen LogP contribution in [0.4, 0.5) is 0 Å². The molecule has 1 aromatic carbocycles. The van der Waals surface area contributed by atoms with Crippen molar-refractivity contribution in [3.63, 3.8) is 0 Å². The van der Waals surface area contributed by atoms with E-state index in [-0.39, 0.29) is 11.1 Å². The minimum atomic E-state index is -1.23. The summed E-state index contributed by atoms with van der Waals surface area (Å²) in [7, 11) is 0. The Morgan fingerprint density at radius 1 is 0.633 bits per heavy atom. The van der Waals surface area contributed by atoms with Crippen molar-refractivity contribution in [3.8, 4) is 0 Å². The fraction of sp³-hybridized carbons (Fsp3) is 0.692. The number of carboxylic acids is 2. The number of aromatic carboxylic acids is 2. The Balaban J connectivity index is 2.83. The van der Waals surface area contributed by atoms with Gasteiger partial charge in [-0.25, -0.2) is 0 Å². The second-order valence-corrected chi connectivity index (χ2v) is 9.39. The molecule has 4 nitrogen and oxygen atoms in total. The molecule has 1 aromatic rings. The third-order valence-corrected chi connectivity index (χ3v) is 5.79. The van der Waals surface area contributed by atoms with Crippen LogP contribution in [0.15, 0.2) is 12.1 Å². The lowest BCUT2D eigenvalue weighted by Gasteiger charge is -2.20. The van der Waals surface area contributed by atoms with E-state index in [1.165, 1.54) is 37.8 Å². The van der Waals surface area contributed by atoms with Crippen molar-refractivity contribution in [1.82, 2.24) is 0 Å². The summed E-state index contributed by atoms with van der Waals surface area (Å²) < 4.78 is 0. The van der Waals surface area contributed by atoms with Gasteiger partial charge in [0, 0.05) is 11.1 Å². The highest BCUT2D eigenvalue weighted by Gasteiger charge is 2.15. The molecular weight excluding hydrogens is 376 g/mol. The Morgan fingerprint density at radius 3 is 1.27 bits per heavy atom. The summed E-state index contributed by atoms with van der Waals surface area (Å²) in [6.45, 7) is 8.86. The maximum absolute atomic E-state index is 11.7. The molecule has 0 amide bonds. The third-order valence-electron chi connectivity index (χ3n) is 5.79. The van der Waals surface area contributed by atoms with Crippen molar-refractivity contribution in [2.24, 2.45) is 11.8 Å². The van der Waals surface area contributed by atoms with Crippen molar-refractivity contribution in [3.05, 3.63) is 34.4 Å². The largest absolute Gasteiger partial charge is 0.545 e. The van der Waals surface area contributed by atoms with Crippen LogP contribution in [0.1, 0.15) is 124 Å². The second-order valence-electron chi connectivity index (χ2n) is 9.39. The average Bonchev–Trinajstić information content (AvgIpc) is 2.66. The van der Waals surface area contributed by atoms with Gasteiger partial charge in [0.15, 0.2) is 0 Å². The van der Waals surface area contributed by atoms with Gasteiger partial charge in [0.1, 0.15) is 0 Å². The van der Waals surface area contributed by atoms with Gasteiger partial charge < -0.3 is 19.8 Å². The van der Waals surface area contributed by atoms with Crippen molar-refractivity contribution < 1.29 is 19.8 Å². The lowest BCUT2D eigenvalue weighted by Crippen LogP contribution is -2.28. The van der Waals surface area contributed by atoms with Crippen molar-refractivity contribution >= 4 is 11.9 Å². The molecule has 0 N–H and O–H groups in total. The molecule has 0 aliphatic rings. The first-order chi connectivity index (χ1) is 14.2. The second kappa shape index (κ2) is 14.2. The molecule has 0 saturated carbocycles. The van der Waals surface area contributed by atoms with E-state index in [4.69, 9.17) is 0 Å². The highest BCUT2D eigenvalue weighted by molar-refractivity contribution is 5.93. The van der Waals surface area contributed by atoms with E-state index >= 15 is 0 Å². The summed E-state index contributed by atoms with van der Waals surface area (Å²) in [6.07, 6.45) is 11.9. The molecule has 0 aliphatic heterocycles. The Labute approximate surface area is 183 Å². The molecule has 0 atom stereocenters. The van der Waals surface area contributed by atoms with E-state index < -0.39 is 11.9 Å². The van der Waals surface area contributed by atoms with E-state index in [2.05, 4.69) is 27.7 Å². The molecule has 0 aromatic heterocycles. The van der Waals surface area contributed by atoms with Gasteiger partial charge in [-0.1, -0.05) is 91.2 Å².